The Morgan fingerprint density at radius 2 is 1.32 bits per heavy atom. The Labute approximate surface area is 229 Å². The van der Waals surface area contributed by atoms with E-state index in [-0.39, 0.29) is 12.0 Å². The van der Waals surface area contributed by atoms with Crippen molar-refractivity contribution in [3.05, 3.63) is 57.9 Å². The topological polar surface area (TPSA) is 30.5 Å². The molecule has 0 bridgehead atoms. The van der Waals surface area contributed by atoms with Gasteiger partial charge in [0.1, 0.15) is 0 Å². The zero-order valence-electron chi connectivity index (χ0n) is 25.3. The minimum atomic E-state index is 0.0792. The lowest BCUT2D eigenvalue weighted by Gasteiger charge is -2.35. The van der Waals surface area contributed by atoms with Crippen LogP contribution in [0.4, 0.5) is 0 Å². The van der Waals surface area contributed by atoms with E-state index in [1.54, 1.807) is 0 Å². The minimum absolute atomic E-state index is 0.0792. The lowest BCUT2D eigenvalue weighted by molar-refractivity contribution is 0.0930. The van der Waals surface area contributed by atoms with Crippen molar-refractivity contribution in [2.75, 3.05) is 14.2 Å². The van der Waals surface area contributed by atoms with E-state index >= 15 is 0 Å². The third-order valence-corrected chi connectivity index (χ3v) is 8.36. The van der Waals surface area contributed by atoms with Crippen molar-refractivity contribution in [1.82, 2.24) is 5.32 Å². The molecular weight excluding hydrogens is 454 g/mol. The number of methoxy groups -OCH3 is 2. The van der Waals surface area contributed by atoms with Gasteiger partial charge in [0.05, 0.1) is 12.2 Å². The van der Waals surface area contributed by atoms with Crippen molar-refractivity contribution >= 4 is 0 Å². The lowest BCUT2D eigenvalue weighted by atomic mass is 9.77. The summed E-state index contributed by atoms with van der Waals surface area (Å²) in [4.78, 5) is 0. The second-order valence-corrected chi connectivity index (χ2v) is 11.1. The molecule has 0 aromatic heterocycles. The number of hydrogen-bond acceptors (Lipinski definition) is 3. The molecule has 210 valence electrons. The van der Waals surface area contributed by atoms with Crippen molar-refractivity contribution in [2.45, 2.75) is 143 Å². The molecule has 1 aliphatic rings. The maximum atomic E-state index is 5.88. The first kappa shape index (κ1) is 31.6. The monoisotopic (exact) mass is 511 g/mol. The molecule has 0 saturated carbocycles. The normalized spacial score (nSPS) is 17.8. The Bertz CT molecular complexity index is 823. The highest BCUT2D eigenvalue weighted by Gasteiger charge is 2.31. The Morgan fingerprint density at radius 1 is 0.757 bits per heavy atom. The Morgan fingerprint density at radius 3 is 1.84 bits per heavy atom. The van der Waals surface area contributed by atoms with Gasteiger partial charge in [-0.25, -0.2) is 0 Å². The van der Waals surface area contributed by atoms with Gasteiger partial charge >= 0.3 is 0 Å². The van der Waals surface area contributed by atoms with Gasteiger partial charge in [0.15, 0.2) is 0 Å². The molecule has 3 atom stereocenters. The average Bonchev–Trinajstić information content (AvgIpc) is 2.90. The van der Waals surface area contributed by atoms with Crippen molar-refractivity contribution < 1.29 is 9.47 Å². The molecule has 1 heterocycles. The molecule has 37 heavy (non-hydrogen) atoms. The highest BCUT2D eigenvalue weighted by Crippen LogP contribution is 2.41. The highest BCUT2D eigenvalue weighted by atomic mass is 16.5. The third kappa shape index (κ3) is 10.2. The van der Waals surface area contributed by atoms with E-state index in [1.165, 1.54) is 104 Å². The smallest absolute Gasteiger partial charge is 0.0781 e. The van der Waals surface area contributed by atoms with Crippen LogP contribution in [0.2, 0.25) is 0 Å². The van der Waals surface area contributed by atoms with Gasteiger partial charge in [-0.2, -0.15) is 0 Å². The van der Waals surface area contributed by atoms with Crippen LogP contribution in [-0.2, 0) is 15.9 Å². The SMILES string of the molecule is CCCCCCCCCCCCCC(Cc1ccc(C2C(CC)=C(C)NC(C)=C2C(C)OC)cc1)OC. The molecule has 0 fully saturated rings. The van der Waals surface area contributed by atoms with Crippen LogP contribution in [0.25, 0.3) is 0 Å². The first-order chi connectivity index (χ1) is 18.0. The fraction of sp³-hybridized carbons (Fsp3) is 0.706. The fourth-order valence-corrected chi connectivity index (χ4v) is 6.02. The summed E-state index contributed by atoms with van der Waals surface area (Å²) in [7, 11) is 3.68. The van der Waals surface area contributed by atoms with Crippen LogP contribution in [0.1, 0.15) is 135 Å². The molecule has 3 nitrogen and oxygen atoms in total. The van der Waals surface area contributed by atoms with Gasteiger partial charge in [0.25, 0.3) is 0 Å². The largest absolute Gasteiger partial charge is 0.381 e. The van der Waals surface area contributed by atoms with Crippen LogP contribution >= 0.6 is 0 Å². The Kier molecular flexibility index (Phi) is 15.3. The molecule has 0 amide bonds. The van der Waals surface area contributed by atoms with Crippen molar-refractivity contribution in [3.63, 3.8) is 0 Å². The van der Waals surface area contributed by atoms with E-state index in [2.05, 4.69) is 64.2 Å². The molecule has 1 N–H and O–H groups in total. The summed E-state index contributed by atoms with van der Waals surface area (Å²) in [6.07, 6.45) is 18.8. The summed E-state index contributed by atoms with van der Waals surface area (Å²) in [5.74, 6) is 0.282. The van der Waals surface area contributed by atoms with Crippen LogP contribution in [-0.4, -0.2) is 26.4 Å². The molecule has 1 aromatic rings. The lowest BCUT2D eigenvalue weighted by Crippen LogP contribution is -2.29. The van der Waals surface area contributed by atoms with Crippen LogP contribution in [0, 0.1) is 0 Å². The maximum Gasteiger partial charge on any atom is 0.0781 e. The summed E-state index contributed by atoms with van der Waals surface area (Å²) >= 11 is 0. The predicted octanol–water partition coefficient (Wildman–Crippen LogP) is 9.62. The molecule has 0 spiro atoms. The summed E-state index contributed by atoms with van der Waals surface area (Å²) in [6.45, 7) is 11.1. The van der Waals surface area contributed by atoms with Crippen LogP contribution < -0.4 is 5.32 Å². The standard InChI is InChI=1S/C34H57NO2/c1-8-10-11-12-13-14-15-16-17-18-19-20-31(37-7)25-29-21-23-30(24-22-29)34-32(9-2)26(3)35-27(4)33(34)28(5)36-6/h21-24,28,31,34-35H,8-20,25H2,1-7H3. The molecule has 0 aliphatic carbocycles. The van der Waals surface area contributed by atoms with Gasteiger partial charge in [-0.05, 0) is 62.3 Å². The van der Waals surface area contributed by atoms with Crippen molar-refractivity contribution in [1.29, 1.82) is 0 Å². The van der Waals surface area contributed by atoms with E-state index in [1.807, 2.05) is 14.2 Å². The quantitative estimate of drug-likeness (QED) is 0.188. The average molecular weight is 512 g/mol. The molecule has 3 heteroatoms. The molecule has 1 aromatic carbocycles. The number of unbranched alkanes of at least 4 members (excludes halogenated alkanes) is 10. The van der Waals surface area contributed by atoms with Crippen LogP contribution in [0.3, 0.4) is 0 Å². The minimum Gasteiger partial charge on any atom is -0.381 e. The number of benzene rings is 1. The maximum absolute atomic E-state index is 5.88. The summed E-state index contributed by atoms with van der Waals surface area (Å²) in [5.41, 5.74) is 8.05. The van der Waals surface area contributed by atoms with E-state index in [0.29, 0.717) is 6.10 Å². The van der Waals surface area contributed by atoms with Gasteiger partial charge in [0, 0.05) is 31.5 Å². The van der Waals surface area contributed by atoms with Gasteiger partial charge in [-0.1, -0.05) is 109 Å². The molecule has 0 radical (unpaired) electrons. The molecular formula is C34H57NO2. The van der Waals surface area contributed by atoms with Gasteiger partial charge < -0.3 is 14.8 Å². The van der Waals surface area contributed by atoms with E-state index in [9.17, 15) is 0 Å². The number of allylic oxidation sites excluding steroid dienone is 3. The van der Waals surface area contributed by atoms with E-state index < -0.39 is 0 Å². The number of rotatable bonds is 19. The first-order valence-electron chi connectivity index (χ1n) is 15.3. The third-order valence-electron chi connectivity index (χ3n) is 8.36. The van der Waals surface area contributed by atoms with Crippen LogP contribution in [0.15, 0.2) is 46.8 Å². The molecule has 1 aliphatic heterocycles. The van der Waals surface area contributed by atoms with Gasteiger partial charge in [-0.3, -0.25) is 0 Å². The van der Waals surface area contributed by atoms with Crippen LogP contribution in [0.5, 0.6) is 0 Å². The second-order valence-electron chi connectivity index (χ2n) is 11.1. The molecule has 2 rings (SSSR count). The first-order valence-corrected chi connectivity index (χ1v) is 15.3. The zero-order valence-corrected chi connectivity index (χ0v) is 25.3. The van der Waals surface area contributed by atoms with Gasteiger partial charge in [0.2, 0.25) is 0 Å². The highest BCUT2D eigenvalue weighted by molar-refractivity contribution is 5.47. The summed E-state index contributed by atoms with van der Waals surface area (Å²) in [6, 6.07) is 9.30. The number of ether oxygens (including phenoxy) is 2. The number of hydrogen-bond donors (Lipinski definition) is 1. The summed E-state index contributed by atoms with van der Waals surface area (Å²) < 4.78 is 11.7. The van der Waals surface area contributed by atoms with Crippen molar-refractivity contribution in [3.8, 4) is 0 Å². The predicted molar refractivity (Wildman–Crippen MR) is 160 cm³/mol. The number of dihydropyridines is 1. The van der Waals surface area contributed by atoms with Crippen molar-refractivity contribution in [2.24, 2.45) is 0 Å². The molecule has 0 saturated heterocycles. The van der Waals surface area contributed by atoms with E-state index in [4.69, 9.17) is 9.47 Å². The Balaban J connectivity index is 1.85. The van der Waals surface area contributed by atoms with Gasteiger partial charge in [-0.15, -0.1) is 0 Å². The molecule has 3 unspecified atom stereocenters. The summed E-state index contributed by atoms with van der Waals surface area (Å²) in [5, 5.41) is 3.60. The fourth-order valence-electron chi connectivity index (χ4n) is 6.02. The second kappa shape index (κ2) is 17.8. The Hall–Kier alpha value is -1.58. The number of nitrogens with one attached hydrogen (secondary N) is 1. The van der Waals surface area contributed by atoms with E-state index in [0.717, 1.165) is 19.3 Å². The zero-order chi connectivity index (χ0) is 27.0.